The average molecular weight is 288 g/mol. The summed E-state index contributed by atoms with van der Waals surface area (Å²) in [6.07, 6.45) is 1.80. The van der Waals surface area contributed by atoms with Gasteiger partial charge in [0.05, 0.1) is 5.92 Å². The number of nitrogens with one attached hydrogen (secondary N) is 1. The number of carboxylic acids is 1. The van der Waals surface area contributed by atoms with Crippen LogP contribution in [0.5, 0.6) is 0 Å². The highest BCUT2D eigenvalue weighted by atomic mass is 16.4. The first-order chi connectivity index (χ1) is 10.1. The van der Waals surface area contributed by atoms with Crippen molar-refractivity contribution in [2.75, 3.05) is 11.9 Å². The second-order valence-corrected chi connectivity index (χ2v) is 6.00. The van der Waals surface area contributed by atoms with Crippen molar-refractivity contribution in [1.29, 1.82) is 0 Å². The lowest BCUT2D eigenvalue weighted by Gasteiger charge is -2.37. The molecule has 1 fully saturated rings. The van der Waals surface area contributed by atoms with Crippen LogP contribution in [0, 0.1) is 5.92 Å². The summed E-state index contributed by atoms with van der Waals surface area (Å²) in [5.41, 5.74) is 2.20. The van der Waals surface area contributed by atoms with Gasteiger partial charge < -0.3 is 15.3 Å². The molecule has 21 heavy (non-hydrogen) atoms. The summed E-state index contributed by atoms with van der Waals surface area (Å²) in [6.45, 7) is 2.47. The van der Waals surface area contributed by atoms with E-state index in [4.69, 9.17) is 5.11 Å². The lowest BCUT2D eigenvalue weighted by atomic mass is 9.91. The molecule has 0 bridgehead atoms. The van der Waals surface area contributed by atoms with E-state index >= 15 is 0 Å². The lowest BCUT2D eigenvalue weighted by Crippen LogP contribution is -2.51. The van der Waals surface area contributed by atoms with Gasteiger partial charge >= 0.3 is 5.97 Å². The smallest absolute Gasteiger partial charge is 0.306 e. The Labute approximate surface area is 123 Å². The van der Waals surface area contributed by atoms with Crippen LogP contribution in [0.25, 0.3) is 0 Å². The molecule has 112 valence electrons. The Morgan fingerprint density at radius 1 is 1.33 bits per heavy atom. The van der Waals surface area contributed by atoms with Crippen LogP contribution in [0.2, 0.25) is 0 Å². The number of rotatable bonds is 2. The molecule has 2 aliphatic rings. The van der Waals surface area contributed by atoms with Gasteiger partial charge in [0.2, 0.25) is 5.91 Å². The first kappa shape index (κ1) is 13.9. The first-order valence-corrected chi connectivity index (χ1v) is 7.44. The van der Waals surface area contributed by atoms with E-state index in [9.17, 15) is 9.59 Å². The standard InChI is InChI=1S/C16H20N2O3/c1-10-8-12(16(20)21)6-7-18(10)15(19)14-9-11-4-2-3-5-13(11)17-14/h2-5,10,12,14,17H,6-9H2,1H3,(H,20,21). The Bertz CT molecular complexity index is 547. The molecule has 0 saturated carbocycles. The predicted molar refractivity (Wildman–Crippen MR) is 79.1 cm³/mol. The molecule has 1 saturated heterocycles. The van der Waals surface area contributed by atoms with Crippen LogP contribution in [0.15, 0.2) is 24.3 Å². The van der Waals surface area contributed by atoms with Gasteiger partial charge in [0.15, 0.2) is 0 Å². The number of hydrogen-bond acceptors (Lipinski definition) is 3. The van der Waals surface area contributed by atoms with Gasteiger partial charge in [-0.15, -0.1) is 0 Å². The van der Waals surface area contributed by atoms with Crippen LogP contribution >= 0.6 is 0 Å². The number of anilines is 1. The van der Waals surface area contributed by atoms with Crippen LogP contribution in [0.1, 0.15) is 25.3 Å². The molecule has 3 unspecified atom stereocenters. The number of carbonyl (C=O) groups excluding carboxylic acids is 1. The largest absolute Gasteiger partial charge is 0.481 e. The molecule has 5 heteroatoms. The second kappa shape index (κ2) is 5.39. The third-order valence-corrected chi connectivity index (χ3v) is 4.58. The Morgan fingerprint density at radius 3 is 2.76 bits per heavy atom. The zero-order valence-corrected chi connectivity index (χ0v) is 12.1. The summed E-state index contributed by atoms with van der Waals surface area (Å²) in [6, 6.07) is 7.73. The Kier molecular flexibility index (Phi) is 3.57. The minimum absolute atomic E-state index is 0.0159. The summed E-state index contributed by atoms with van der Waals surface area (Å²) in [5.74, 6) is -0.985. The van der Waals surface area contributed by atoms with E-state index in [0.717, 1.165) is 5.69 Å². The van der Waals surface area contributed by atoms with Crippen molar-refractivity contribution in [2.24, 2.45) is 5.92 Å². The van der Waals surface area contributed by atoms with Crippen molar-refractivity contribution in [3.63, 3.8) is 0 Å². The molecule has 0 spiro atoms. The summed E-state index contributed by atoms with van der Waals surface area (Å²) in [5, 5.41) is 12.4. The van der Waals surface area contributed by atoms with Crippen LogP contribution in [-0.2, 0) is 16.0 Å². The molecule has 0 aromatic heterocycles. The van der Waals surface area contributed by atoms with Crippen LogP contribution in [-0.4, -0.2) is 40.5 Å². The molecular formula is C16H20N2O3. The minimum atomic E-state index is -0.750. The second-order valence-electron chi connectivity index (χ2n) is 6.00. The molecule has 1 aromatic rings. The number of para-hydroxylation sites is 1. The van der Waals surface area contributed by atoms with E-state index in [1.165, 1.54) is 5.56 Å². The lowest BCUT2D eigenvalue weighted by molar-refractivity contribution is -0.147. The van der Waals surface area contributed by atoms with Crippen molar-refractivity contribution in [2.45, 2.75) is 38.3 Å². The minimum Gasteiger partial charge on any atom is -0.481 e. The molecule has 1 aromatic carbocycles. The molecular weight excluding hydrogens is 268 g/mol. The van der Waals surface area contributed by atoms with Gasteiger partial charge in [-0.25, -0.2) is 0 Å². The van der Waals surface area contributed by atoms with Crippen LogP contribution in [0.3, 0.4) is 0 Å². The predicted octanol–water partition coefficient (Wildman–Crippen LogP) is 1.73. The molecule has 0 aliphatic carbocycles. The van der Waals surface area contributed by atoms with Crippen LogP contribution < -0.4 is 5.32 Å². The monoisotopic (exact) mass is 288 g/mol. The topological polar surface area (TPSA) is 69.6 Å². The maximum Gasteiger partial charge on any atom is 0.306 e. The number of carbonyl (C=O) groups is 2. The number of hydrogen-bond donors (Lipinski definition) is 2. The van der Waals surface area contributed by atoms with Crippen molar-refractivity contribution in [3.05, 3.63) is 29.8 Å². The molecule has 5 nitrogen and oxygen atoms in total. The summed E-state index contributed by atoms with van der Waals surface area (Å²) in [4.78, 5) is 25.6. The maximum atomic E-state index is 12.7. The number of fused-ring (bicyclic) bond motifs is 1. The van der Waals surface area contributed by atoms with Crippen LogP contribution in [0.4, 0.5) is 5.69 Å². The van der Waals surface area contributed by atoms with Gasteiger partial charge in [-0.3, -0.25) is 9.59 Å². The SMILES string of the molecule is CC1CC(C(=O)O)CCN1C(=O)C1Cc2ccccc2N1. The quantitative estimate of drug-likeness (QED) is 0.869. The molecule has 3 rings (SSSR count). The highest BCUT2D eigenvalue weighted by Gasteiger charge is 2.36. The Balaban J connectivity index is 1.66. The van der Waals surface area contributed by atoms with Crippen molar-refractivity contribution in [1.82, 2.24) is 4.90 Å². The number of nitrogens with zero attached hydrogens (tertiary/aromatic N) is 1. The van der Waals surface area contributed by atoms with Crippen molar-refractivity contribution < 1.29 is 14.7 Å². The van der Waals surface area contributed by atoms with E-state index in [0.29, 0.717) is 25.8 Å². The first-order valence-electron chi connectivity index (χ1n) is 7.44. The number of aliphatic carboxylic acids is 1. The summed E-state index contributed by atoms with van der Waals surface area (Å²) >= 11 is 0. The third-order valence-electron chi connectivity index (χ3n) is 4.58. The van der Waals surface area contributed by atoms with E-state index in [1.807, 2.05) is 36.1 Å². The fourth-order valence-electron chi connectivity index (χ4n) is 3.37. The normalized spacial score (nSPS) is 27.9. The van der Waals surface area contributed by atoms with E-state index < -0.39 is 5.97 Å². The number of likely N-dealkylation sites (tertiary alicyclic amines) is 1. The van der Waals surface area contributed by atoms with E-state index in [2.05, 4.69) is 5.32 Å². The van der Waals surface area contributed by atoms with Gasteiger partial charge in [-0.2, -0.15) is 0 Å². The van der Waals surface area contributed by atoms with Gasteiger partial charge in [0.1, 0.15) is 6.04 Å². The number of amides is 1. The summed E-state index contributed by atoms with van der Waals surface area (Å²) in [7, 11) is 0. The zero-order valence-electron chi connectivity index (χ0n) is 12.1. The van der Waals surface area contributed by atoms with Crippen molar-refractivity contribution >= 4 is 17.6 Å². The maximum absolute atomic E-state index is 12.7. The number of piperidine rings is 1. The van der Waals surface area contributed by atoms with Crippen molar-refractivity contribution in [3.8, 4) is 0 Å². The molecule has 2 N–H and O–H groups in total. The fraction of sp³-hybridized carbons (Fsp3) is 0.500. The fourth-order valence-corrected chi connectivity index (χ4v) is 3.37. The van der Waals surface area contributed by atoms with Gasteiger partial charge in [-0.05, 0) is 31.4 Å². The van der Waals surface area contributed by atoms with Gasteiger partial charge in [-0.1, -0.05) is 18.2 Å². The molecule has 1 amide bonds. The van der Waals surface area contributed by atoms with Gasteiger partial charge in [0.25, 0.3) is 0 Å². The zero-order chi connectivity index (χ0) is 15.0. The molecule has 2 heterocycles. The Hall–Kier alpha value is -2.04. The Morgan fingerprint density at radius 2 is 2.10 bits per heavy atom. The summed E-state index contributed by atoms with van der Waals surface area (Å²) < 4.78 is 0. The molecule has 3 atom stereocenters. The molecule has 0 radical (unpaired) electrons. The highest BCUT2D eigenvalue weighted by molar-refractivity contribution is 5.88. The molecule has 2 aliphatic heterocycles. The highest BCUT2D eigenvalue weighted by Crippen LogP contribution is 2.29. The third kappa shape index (κ3) is 2.60. The average Bonchev–Trinajstić information content (AvgIpc) is 2.90. The van der Waals surface area contributed by atoms with Gasteiger partial charge in [0, 0.05) is 24.7 Å². The number of carboxylic acid groups (broad SMARTS) is 1. The van der Waals surface area contributed by atoms with E-state index in [1.54, 1.807) is 0 Å². The van der Waals surface area contributed by atoms with E-state index in [-0.39, 0.29) is 23.9 Å². The number of benzene rings is 1.